The first-order valence-corrected chi connectivity index (χ1v) is 16.4. The van der Waals surface area contributed by atoms with Crippen LogP contribution in [0.4, 0.5) is 0 Å². The average Bonchev–Trinajstić information content (AvgIpc) is 3.84. The van der Waals surface area contributed by atoms with E-state index in [1.54, 1.807) is 13.8 Å². The molecule has 0 bridgehead atoms. The van der Waals surface area contributed by atoms with Crippen molar-refractivity contribution in [2.45, 2.75) is 40.5 Å². The fraction of sp³-hybridized carbons (Fsp3) is 0.271. The van der Waals surface area contributed by atoms with E-state index in [1.165, 1.54) is 0 Å². The number of carbonyl (C=O) groups excluding carboxylic acids is 1. The zero-order valence-corrected chi connectivity index (χ0v) is 30.6. The molecule has 2 aliphatic heterocycles. The van der Waals surface area contributed by atoms with Gasteiger partial charge in [-0.05, 0) is 198 Å². The Bertz CT molecular complexity index is 2600. The molecule has 0 radical (unpaired) electrons. The van der Waals surface area contributed by atoms with E-state index in [9.17, 15) is 4.79 Å². The molecule has 6 heteroatoms. The Hall–Kier alpha value is -8.63. The van der Waals surface area contributed by atoms with Crippen LogP contribution < -0.4 is 5.32 Å². The van der Waals surface area contributed by atoms with Crippen LogP contribution in [0.25, 0.3) is 0 Å². The number of nitrogens with zero attached hydrogens (tertiary/aromatic N) is 4. The predicted octanol–water partition coefficient (Wildman–Crippen LogP) is 8.81. The third-order valence-electron chi connectivity index (χ3n) is 5.60. The molecule has 0 spiro atoms. The second kappa shape index (κ2) is 32.9. The van der Waals surface area contributed by atoms with Crippen molar-refractivity contribution >= 4 is 17.6 Å². The van der Waals surface area contributed by atoms with Gasteiger partial charge >= 0.3 is 0 Å². The summed E-state index contributed by atoms with van der Waals surface area (Å²) < 4.78 is 0. The van der Waals surface area contributed by atoms with E-state index in [0.29, 0.717) is 31.9 Å². The van der Waals surface area contributed by atoms with Gasteiger partial charge in [-0.1, -0.05) is 25.7 Å². The number of carbonyl (C=O) groups is 1. The molecule has 0 fully saturated rings. The Balaban J connectivity index is -0.0000000183. The Morgan fingerprint density at radius 1 is 0.519 bits per heavy atom. The molecule has 54 heavy (non-hydrogen) atoms. The number of rotatable bonds is 6. The molecule has 0 unspecified atom stereocenters. The monoisotopic (exact) mass is 754 g/mol. The van der Waals surface area contributed by atoms with E-state index in [1.807, 2.05) is 11.8 Å². The van der Waals surface area contributed by atoms with Crippen LogP contribution in [0, 0.1) is 189 Å². The highest BCUT2D eigenvalue weighted by Crippen LogP contribution is 2.01. The van der Waals surface area contributed by atoms with E-state index in [2.05, 4.69) is 217 Å². The molecule has 0 aromatic carbocycles. The summed E-state index contributed by atoms with van der Waals surface area (Å²) in [7, 11) is 0. The van der Waals surface area contributed by atoms with E-state index < -0.39 is 0 Å². The minimum Gasteiger partial charge on any atom is -0.354 e. The highest BCUT2D eigenvalue weighted by molar-refractivity contribution is 6.00. The van der Waals surface area contributed by atoms with Gasteiger partial charge in [0, 0.05) is 81.9 Å². The molecule has 0 atom stereocenters. The molecule has 0 saturated carbocycles. The van der Waals surface area contributed by atoms with Crippen LogP contribution >= 0.6 is 0 Å². The lowest BCUT2D eigenvalue weighted by Gasteiger charge is -2.16. The maximum atomic E-state index is 11.2. The van der Waals surface area contributed by atoms with Gasteiger partial charge in [0.25, 0.3) is 0 Å². The molecule has 0 saturated heterocycles. The fourth-order valence-electron chi connectivity index (χ4n) is 3.41. The lowest BCUT2D eigenvalue weighted by Crippen LogP contribution is -2.36. The number of amides is 1. The summed E-state index contributed by atoms with van der Waals surface area (Å²) in [5, 5.41) is 2.83. The quantitative estimate of drug-likeness (QED) is 0.276. The highest BCUT2D eigenvalue weighted by Gasteiger charge is 2.14. The summed E-state index contributed by atoms with van der Waals surface area (Å²) in [5.41, 5.74) is 0. The minimum atomic E-state index is 0. The van der Waals surface area contributed by atoms with Gasteiger partial charge in [-0.2, -0.15) is 0 Å². The van der Waals surface area contributed by atoms with E-state index >= 15 is 0 Å². The van der Waals surface area contributed by atoms with Gasteiger partial charge in [0.15, 0.2) is 11.7 Å². The Morgan fingerprint density at radius 3 is 1.15 bits per heavy atom. The van der Waals surface area contributed by atoms with Gasteiger partial charge in [0.2, 0.25) is 5.91 Å². The summed E-state index contributed by atoms with van der Waals surface area (Å²) in [4.78, 5) is 24.1. The third-order valence-corrected chi connectivity index (χ3v) is 5.60. The molecule has 1 N–H and O–H groups in total. The molecule has 2 aliphatic rings. The molecular weight excluding hydrogens is 663 g/mol. The van der Waals surface area contributed by atoms with E-state index in [-0.39, 0.29) is 48.7 Å². The Kier molecular flexibility index (Phi) is 26.4. The van der Waals surface area contributed by atoms with Crippen LogP contribution in [0.3, 0.4) is 0 Å². The van der Waals surface area contributed by atoms with Crippen LogP contribution in [0.15, 0.2) is 9.98 Å². The van der Waals surface area contributed by atoms with Crippen molar-refractivity contribution in [3.05, 3.63) is 0 Å². The molecule has 2 rings (SSSR count). The first kappa shape index (κ1) is 43.4. The van der Waals surface area contributed by atoms with Crippen molar-refractivity contribution in [1.82, 2.24) is 15.1 Å². The number of amidine groups is 2. The number of aliphatic imine (C=N–C) groups is 2. The molecule has 0 aromatic heterocycles. The molecule has 6 nitrogen and oxygen atoms in total. The lowest BCUT2D eigenvalue weighted by molar-refractivity contribution is -0.120. The van der Waals surface area contributed by atoms with Gasteiger partial charge in [0.05, 0.1) is 13.1 Å². The van der Waals surface area contributed by atoms with Crippen LogP contribution in [-0.4, -0.2) is 73.2 Å². The third kappa shape index (κ3) is 24.5. The molecule has 1 amide bonds. The maximum absolute atomic E-state index is 11.2. The van der Waals surface area contributed by atoms with Crippen molar-refractivity contribution in [1.29, 1.82) is 0 Å². The molecule has 0 aliphatic carbocycles. The topological polar surface area (TPSA) is 60.3 Å². The summed E-state index contributed by atoms with van der Waals surface area (Å²) in [6, 6.07) is 0. The van der Waals surface area contributed by atoms with Crippen molar-refractivity contribution in [3.8, 4) is 189 Å². The van der Waals surface area contributed by atoms with Gasteiger partial charge in [-0.3, -0.25) is 14.8 Å². The predicted molar refractivity (Wildman–Crippen MR) is 281 cm³/mol. The number of nitrogens with one attached hydrogen (secondary N) is 1. The zero-order valence-electron chi connectivity index (χ0n) is 30.6. The first-order chi connectivity index (χ1) is 26.7. The second-order valence-corrected chi connectivity index (χ2v) is 9.34. The summed E-state index contributed by atoms with van der Waals surface area (Å²) in [5.74, 6) is 84.7. The number of hydrogen-bond acceptors (Lipinski definition) is 5. The number of hydrogen-bond donors (Lipinski definition) is 1. The molecule has 0 aromatic rings. The molecule has 314 valence electrons. The van der Waals surface area contributed by atoms with Crippen molar-refractivity contribution < 1.29 is 47.6 Å². The first-order valence-electron chi connectivity index (χ1n) is 16.4. The SMILES string of the molecule is CC#CC#CC#CC#CC#CC#CC#CC#CC1=NCCN1CCC.CC#CC#CC#CC#CC#CC#CC#CC#CC1=NCCN1CCNC(=O)CC.[HH].[HH].[HH].[HH].[HH].[HH].[HH].[HH].[HH].[HH].[HH].[HH].[HH].[HH].[HH].[HH].[HH].[HH].[HH].[HH].[HH].[HH].[HH].[HH].[HH].[HH].[HH].[HH].[HH].[HH]. The maximum Gasteiger partial charge on any atom is 0.219 e. The van der Waals surface area contributed by atoms with Gasteiger partial charge in [0.1, 0.15) is 0 Å². The summed E-state index contributed by atoms with van der Waals surface area (Å²) in [6.45, 7) is 12.8. The largest absolute Gasteiger partial charge is 0.354 e. The molecule has 2 heterocycles. The minimum absolute atomic E-state index is 0. The Morgan fingerprint density at radius 2 is 0.833 bits per heavy atom. The summed E-state index contributed by atoms with van der Waals surface area (Å²) in [6.07, 6.45) is 1.55. The van der Waals surface area contributed by atoms with Crippen LogP contribution in [-0.2, 0) is 4.79 Å². The van der Waals surface area contributed by atoms with Crippen LogP contribution in [0.2, 0.25) is 0 Å². The van der Waals surface area contributed by atoms with E-state index in [4.69, 9.17) is 0 Å². The van der Waals surface area contributed by atoms with Crippen molar-refractivity contribution in [2.24, 2.45) is 9.98 Å². The molecular formula is C48H91N5O. The van der Waals surface area contributed by atoms with Crippen molar-refractivity contribution in [2.75, 3.05) is 45.8 Å². The standard InChI is InChI=1S/C25H17N3O.C23H14N2.30H2/c1-3-5-6-7-8-9-10-11-12-13-14-15-16-17-18-19-24-26-20-22-28(24)23-21-27-25(29)4-2;1-3-5-6-7-8-9-10-11-12-13-14-15-16-17-18-19-23-24-20-22-25(23)21-4-2;;;;;;;;;;;;;;;;;;;;;;;;;;;;;;/h4,20-23H2,1-2H3,(H,27,29);4,20-22H2,1-2H3;30*1H. The summed E-state index contributed by atoms with van der Waals surface area (Å²) >= 11 is 0. The average molecular weight is 754 g/mol. The van der Waals surface area contributed by atoms with Crippen LogP contribution in [0.5, 0.6) is 0 Å². The second-order valence-electron chi connectivity index (χ2n) is 9.34. The smallest absolute Gasteiger partial charge is 0.219 e. The van der Waals surface area contributed by atoms with Gasteiger partial charge in [-0.25, -0.2) is 0 Å². The lowest BCUT2D eigenvalue weighted by atomic mass is 10.4. The van der Waals surface area contributed by atoms with E-state index in [0.717, 1.165) is 38.4 Å². The van der Waals surface area contributed by atoms with Crippen molar-refractivity contribution in [3.63, 3.8) is 0 Å². The Labute approximate surface area is 366 Å². The normalized spacial score (nSPS) is 9.26. The highest BCUT2D eigenvalue weighted by atomic mass is 16.1. The van der Waals surface area contributed by atoms with Gasteiger partial charge in [-0.15, -0.1) is 0 Å². The zero-order chi connectivity index (χ0) is 39.0. The van der Waals surface area contributed by atoms with Gasteiger partial charge < -0.3 is 15.1 Å². The van der Waals surface area contributed by atoms with Crippen LogP contribution in [0.1, 0.15) is 83.3 Å². The fourth-order valence-corrected chi connectivity index (χ4v) is 3.41.